The Hall–Kier alpha value is -2.71. The van der Waals surface area contributed by atoms with Crippen LogP contribution in [0.25, 0.3) is 0 Å². The van der Waals surface area contributed by atoms with E-state index in [0.29, 0.717) is 38.1 Å². The summed E-state index contributed by atoms with van der Waals surface area (Å²) in [5.41, 5.74) is 0. The molecule has 1 aliphatic heterocycles. The van der Waals surface area contributed by atoms with E-state index < -0.39 is 29.7 Å². The van der Waals surface area contributed by atoms with Crippen LogP contribution in [0.2, 0.25) is 0 Å². The van der Waals surface area contributed by atoms with E-state index in [1.807, 2.05) is 0 Å². The van der Waals surface area contributed by atoms with E-state index >= 15 is 0 Å². The average molecular weight is 378 g/mol. The van der Waals surface area contributed by atoms with Crippen LogP contribution in [0.5, 0.6) is 0 Å². The largest absolute Gasteiger partial charge is 0.350 e. The lowest BCUT2D eigenvalue weighted by Crippen LogP contribution is -2.54. The third-order valence-electron chi connectivity index (χ3n) is 4.74. The van der Waals surface area contributed by atoms with Crippen LogP contribution >= 0.6 is 0 Å². The molecular weight excluding hydrogens is 352 g/mol. The fraction of sp³-hybridized carbons (Fsp3) is 0.611. The zero-order valence-electron chi connectivity index (χ0n) is 15.2. The maximum Gasteiger partial charge on any atom is 0.289 e. The topological polar surface area (TPSA) is 125 Å². The number of rotatable bonds is 11. The van der Waals surface area contributed by atoms with Crippen LogP contribution in [0.1, 0.15) is 32.1 Å². The summed E-state index contributed by atoms with van der Waals surface area (Å²) in [6, 6.07) is -1.60. The molecule has 148 valence electrons. The highest BCUT2D eigenvalue weighted by Gasteiger charge is 2.38. The van der Waals surface area contributed by atoms with Crippen molar-refractivity contribution < 1.29 is 24.0 Å². The monoisotopic (exact) mass is 378 g/mol. The Bertz CT molecular complexity index is 617. The minimum Gasteiger partial charge on any atom is -0.350 e. The molecule has 0 radical (unpaired) electrons. The lowest BCUT2D eigenvalue weighted by atomic mass is 10.0. The SMILES string of the molecule is C=CCNC(=O)C(=O)C(CC1CC1)NC(=O)C1CCCN1C(=O)CNC=O. The van der Waals surface area contributed by atoms with Gasteiger partial charge in [-0.3, -0.25) is 24.0 Å². The molecule has 1 saturated heterocycles. The maximum absolute atomic E-state index is 12.7. The van der Waals surface area contributed by atoms with Gasteiger partial charge in [0.05, 0.1) is 12.6 Å². The Morgan fingerprint density at radius 3 is 2.56 bits per heavy atom. The number of hydrogen-bond donors (Lipinski definition) is 3. The number of Topliss-reactive ketones (excluding diaryl/α,β-unsaturated/α-hetero) is 1. The van der Waals surface area contributed by atoms with Gasteiger partial charge >= 0.3 is 0 Å². The number of ketones is 1. The van der Waals surface area contributed by atoms with Gasteiger partial charge in [0.1, 0.15) is 6.04 Å². The molecule has 0 bridgehead atoms. The molecule has 0 spiro atoms. The van der Waals surface area contributed by atoms with E-state index in [1.165, 1.54) is 11.0 Å². The first-order chi connectivity index (χ1) is 13.0. The van der Waals surface area contributed by atoms with Gasteiger partial charge in [0.2, 0.25) is 24.0 Å². The van der Waals surface area contributed by atoms with Gasteiger partial charge in [0, 0.05) is 13.1 Å². The lowest BCUT2D eigenvalue weighted by molar-refractivity contribution is -0.142. The summed E-state index contributed by atoms with van der Waals surface area (Å²) in [4.78, 5) is 61.0. The van der Waals surface area contributed by atoms with Crippen molar-refractivity contribution in [2.24, 2.45) is 5.92 Å². The quantitative estimate of drug-likeness (QED) is 0.239. The molecule has 9 heteroatoms. The molecule has 1 heterocycles. The van der Waals surface area contributed by atoms with Crippen molar-refractivity contribution in [3.8, 4) is 0 Å². The average Bonchev–Trinajstić information content (AvgIpc) is 3.34. The summed E-state index contributed by atoms with van der Waals surface area (Å²) in [6.45, 7) is 3.89. The van der Waals surface area contributed by atoms with Gasteiger partial charge in [-0.05, 0) is 25.2 Å². The van der Waals surface area contributed by atoms with Gasteiger partial charge in [-0.25, -0.2) is 0 Å². The van der Waals surface area contributed by atoms with Crippen molar-refractivity contribution in [1.82, 2.24) is 20.9 Å². The molecule has 3 N–H and O–H groups in total. The minimum atomic E-state index is -0.902. The molecule has 2 atom stereocenters. The van der Waals surface area contributed by atoms with Crippen LogP contribution < -0.4 is 16.0 Å². The van der Waals surface area contributed by atoms with Crippen molar-refractivity contribution in [2.45, 2.75) is 44.2 Å². The zero-order chi connectivity index (χ0) is 19.8. The second kappa shape index (κ2) is 9.84. The first-order valence-corrected chi connectivity index (χ1v) is 9.17. The molecule has 2 aliphatic rings. The highest BCUT2D eigenvalue weighted by atomic mass is 16.2. The van der Waals surface area contributed by atoms with E-state index in [1.54, 1.807) is 0 Å². The van der Waals surface area contributed by atoms with Crippen LogP contribution in [0.3, 0.4) is 0 Å². The first-order valence-electron chi connectivity index (χ1n) is 9.17. The normalized spacial score (nSPS) is 19.7. The van der Waals surface area contributed by atoms with Crippen LogP contribution in [0.15, 0.2) is 12.7 Å². The lowest BCUT2D eigenvalue weighted by Gasteiger charge is -2.26. The van der Waals surface area contributed by atoms with E-state index in [4.69, 9.17) is 0 Å². The van der Waals surface area contributed by atoms with Gasteiger partial charge in [0.25, 0.3) is 5.91 Å². The number of nitrogens with zero attached hydrogens (tertiary/aromatic N) is 1. The van der Waals surface area contributed by atoms with Crippen LogP contribution in [0, 0.1) is 5.92 Å². The summed E-state index contributed by atoms with van der Waals surface area (Å²) in [5.74, 6) is -1.91. The molecule has 2 unspecified atom stereocenters. The molecule has 27 heavy (non-hydrogen) atoms. The molecule has 2 fully saturated rings. The maximum atomic E-state index is 12.7. The van der Waals surface area contributed by atoms with Gasteiger partial charge in [-0.1, -0.05) is 18.9 Å². The second-order valence-electron chi connectivity index (χ2n) is 6.85. The predicted octanol–water partition coefficient (Wildman–Crippen LogP) is -1.12. The summed E-state index contributed by atoms with van der Waals surface area (Å²) in [6.07, 6.45) is 5.39. The highest BCUT2D eigenvalue weighted by molar-refractivity contribution is 6.38. The van der Waals surface area contributed by atoms with Crippen LogP contribution in [-0.2, 0) is 24.0 Å². The molecule has 0 aromatic rings. The molecule has 4 amide bonds. The Labute approximate surface area is 157 Å². The summed E-state index contributed by atoms with van der Waals surface area (Å²) in [7, 11) is 0. The minimum absolute atomic E-state index is 0.170. The van der Waals surface area contributed by atoms with Crippen molar-refractivity contribution in [3.63, 3.8) is 0 Å². The van der Waals surface area contributed by atoms with Crippen LogP contribution in [0.4, 0.5) is 0 Å². The van der Waals surface area contributed by atoms with Crippen LogP contribution in [-0.4, -0.2) is 66.5 Å². The summed E-state index contributed by atoms with van der Waals surface area (Å²) >= 11 is 0. The molecule has 9 nitrogen and oxygen atoms in total. The zero-order valence-corrected chi connectivity index (χ0v) is 15.2. The number of amides is 4. The van der Waals surface area contributed by atoms with Gasteiger partial charge in [-0.15, -0.1) is 6.58 Å². The number of hydrogen-bond acceptors (Lipinski definition) is 5. The molecule has 0 aromatic heterocycles. The molecule has 0 aromatic carbocycles. The van der Waals surface area contributed by atoms with Gasteiger partial charge < -0.3 is 20.9 Å². The van der Waals surface area contributed by atoms with E-state index in [0.717, 1.165) is 12.8 Å². The van der Waals surface area contributed by atoms with Gasteiger partial charge in [0.15, 0.2) is 0 Å². The van der Waals surface area contributed by atoms with E-state index in [9.17, 15) is 24.0 Å². The Morgan fingerprint density at radius 2 is 1.93 bits per heavy atom. The standard InChI is InChI=1S/C18H26N4O5/c1-2-7-20-18(27)16(25)13(9-12-5-6-12)21-17(26)14-4-3-8-22(14)15(24)10-19-11-23/h2,11-14H,1,3-10H2,(H,19,23)(H,20,27)(H,21,26). The van der Waals surface area contributed by atoms with Crippen molar-refractivity contribution in [3.05, 3.63) is 12.7 Å². The smallest absolute Gasteiger partial charge is 0.289 e. The molecular formula is C18H26N4O5. The summed E-state index contributed by atoms with van der Waals surface area (Å²) < 4.78 is 0. The fourth-order valence-corrected chi connectivity index (χ4v) is 3.16. The number of nitrogens with one attached hydrogen (secondary N) is 3. The van der Waals surface area contributed by atoms with Crippen molar-refractivity contribution >= 4 is 29.9 Å². The molecule has 2 rings (SSSR count). The van der Waals surface area contributed by atoms with Crippen molar-refractivity contribution in [2.75, 3.05) is 19.6 Å². The fourth-order valence-electron chi connectivity index (χ4n) is 3.16. The third-order valence-corrected chi connectivity index (χ3v) is 4.74. The van der Waals surface area contributed by atoms with E-state index in [2.05, 4.69) is 22.5 Å². The third kappa shape index (κ3) is 5.90. The van der Waals surface area contributed by atoms with E-state index in [-0.39, 0.29) is 19.0 Å². The Kier molecular flexibility index (Phi) is 7.51. The number of likely N-dealkylation sites (tertiary alicyclic amines) is 1. The van der Waals surface area contributed by atoms with Gasteiger partial charge in [-0.2, -0.15) is 0 Å². The first kappa shape index (κ1) is 20.6. The molecule has 1 saturated carbocycles. The highest BCUT2D eigenvalue weighted by Crippen LogP contribution is 2.33. The predicted molar refractivity (Wildman–Crippen MR) is 96.3 cm³/mol. The second-order valence-corrected chi connectivity index (χ2v) is 6.85. The number of carbonyl (C=O) groups is 5. The Morgan fingerprint density at radius 1 is 1.19 bits per heavy atom. The summed E-state index contributed by atoms with van der Waals surface area (Å²) in [5, 5.41) is 7.40. The Balaban J connectivity index is 2.00. The number of carbonyl (C=O) groups excluding carboxylic acids is 5. The van der Waals surface area contributed by atoms with Crippen molar-refractivity contribution in [1.29, 1.82) is 0 Å². The molecule has 1 aliphatic carbocycles.